The molecule has 2 saturated carbocycles. The maximum absolute atomic E-state index is 13.9. The molecular formula is C25H40N4O6. The maximum Gasteiger partial charge on any atom is 0.408 e. The van der Waals surface area contributed by atoms with Gasteiger partial charge < -0.3 is 26.0 Å². The molecule has 0 bridgehead atoms. The summed E-state index contributed by atoms with van der Waals surface area (Å²) in [6, 6.07) is -2.75. The van der Waals surface area contributed by atoms with Gasteiger partial charge in [-0.2, -0.15) is 0 Å². The number of nitrogens with two attached hydrogens (primary N) is 1. The average Bonchev–Trinajstić information content (AvgIpc) is 3.48. The van der Waals surface area contributed by atoms with Gasteiger partial charge in [-0.1, -0.05) is 48.0 Å². The van der Waals surface area contributed by atoms with Crippen LogP contribution < -0.4 is 16.4 Å². The fourth-order valence-corrected chi connectivity index (χ4v) is 5.66. The van der Waals surface area contributed by atoms with Gasteiger partial charge in [-0.3, -0.25) is 19.2 Å². The van der Waals surface area contributed by atoms with Crippen molar-refractivity contribution in [1.29, 1.82) is 0 Å². The highest BCUT2D eigenvalue weighted by Gasteiger charge is 2.61. The van der Waals surface area contributed by atoms with Crippen LogP contribution in [0.1, 0.15) is 73.6 Å². The lowest BCUT2D eigenvalue weighted by molar-refractivity contribution is -0.145. The van der Waals surface area contributed by atoms with Crippen LogP contribution in [-0.4, -0.2) is 65.3 Å². The molecule has 4 N–H and O–H groups in total. The van der Waals surface area contributed by atoms with Gasteiger partial charge in [0, 0.05) is 6.54 Å². The average molecular weight is 493 g/mol. The molecule has 10 heteroatoms. The maximum atomic E-state index is 13.9. The Labute approximate surface area is 207 Å². The number of hydrogen-bond acceptors (Lipinski definition) is 6. The number of ether oxygens (including phenoxy) is 1. The van der Waals surface area contributed by atoms with Crippen molar-refractivity contribution in [2.75, 3.05) is 6.54 Å². The third-order valence-corrected chi connectivity index (χ3v) is 7.48. The SMILES string of the molecule is CCCC(NC(=O)[C@@H]1[C@@H]2[C@H](CN1C(=O)[C@@H](NC(=O)OC1CC1)C(C)(C)C)CC2(C)C)C(=O)C(N)=O. The van der Waals surface area contributed by atoms with E-state index in [9.17, 15) is 24.0 Å². The van der Waals surface area contributed by atoms with E-state index in [1.807, 2.05) is 27.7 Å². The molecule has 0 aromatic heterocycles. The van der Waals surface area contributed by atoms with Crippen LogP contribution in [0.3, 0.4) is 0 Å². The van der Waals surface area contributed by atoms with E-state index in [0.717, 1.165) is 19.3 Å². The van der Waals surface area contributed by atoms with Crippen LogP contribution in [0, 0.1) is 22.7 Å². The minimum atomic E-state index is -1.10. The quantitative estimate of drug-likeness (QED) is 0.416. The Bertz CT molecular complexity index is 891. The lowest BCUT2D eigenvalue weighted by Gasteiger charge is -2.49. The third-order valence-electron chi connectivity index (χ3n) is 7.48. The molecule has 3 aliphatic rings. The number of fused-ring (bicyclic) bond motifs is 1. The number of likely N-dealkylation sites (tertiary alicyclic amines) is 1. The molecule has 3 fully saturated rings. The minimum absolute atomic E-state index is 0.101. The Balaban J connectivity index is 1.86. The van der Waals surface area contributed by atoms with E-state index in [-0.39, 0.29) is 35.7 Å². The van der Waals surface area contributed by atoms with Gasteiger partial charge in [-0.15, -0.1) is 0 Å². The summed E-state index contributed by atoms with van der Waals surface area (Å²) in [5, 5.41) is 5.44. The Morgan fingerprint density at radius 3 is 2.23 bits per heavy atom. The highest BCUT2D eigenvalue weighted by Crippen LogP contribution is 2.57. The van der Waals surface area contributed by atoms with Crippen molar-refractivity contribution >= 4 is 29.6 Å². The number of amides is 4. The van der Waals surface area contributed by atoms with Gasteiger partial charge >= 0.3 is 6.09 Å². The first-order valence-electron chi connectivity index (χ1n) is 12.6. The number of hydrogen-bond donors (Lipinski definition) is 3. The number of ketones is 1. The molecule has 1 aliphatic heterocycles. The highest BCUT2D eigenvalue weighted by molar-refractivity contribution is 6.37. The van der Waals surface area contributed by atoms with E-state index >= 15 is 0 Å². The minimum Gasteiger partial charge on any atom is -0.446 e. The van der Waals surface area contributed by atoms with Crippen LogP contribution in [0.2, 0.25) is 0 Å². The number of nitrogens with one attached hydrogen (secondary N) is 2. The van der Waals surface area contributed by atoms with E-state index in [1.165, 1.54) is 0 Å². The molecule has 1 saturated heterocycles. The van der Waals surface area contributed by atoms with Crippen molar-refractivity contribution in [3.63, 3.8) is 0 Å². The van der Waals surface area contributed by atoms with Gasteiger partial charge in [0.2, 0.25) is 17.6 Å². The predicted octanol–water partition coefficient (Wildman–Crippen LogP) is 1.50. The van der Waals surface area contributed by atoms with Crippen molar-refractivity contribution in [2.24, 2.45) is 28.4 Å². The molecule has 1 heterocycles. The molecule has 0 radical (unpaired) electrons. The van der Waals surface area contributed by atoms with Gasteiger partial charge in [0.05, 0.1) is 6.04 Å². The number of primary amides is 1. The van der Waals surface area contributed by atoms with Crippen molar-refractivity contribution in [2.45, 2.75) is 97.9 Å². The summed E-state index contributed by atoms with van der Waals surface area (Å²) in [5.74, 6) is -2.74. The van der Waals surface area contributed by atoms with Crippen LogP contribution in [0.5, 0.6) is 0 Å². The second-order valence-corrected chi connectivity index (χ2v) is 12.0. The zero-order valence-corrected chi connectivity index (χ0v) is 21.7. The summed E-state index contributed by atoms with van der Waals surface area (Å²) < 4.78 is 5.31. The monoisotopic (exact) mass is 492 g/mol. The van der Waals surface area contributed by atoms with E-state index < -0.39 is 47.2 Å². The van der Waals surface area contributed by atoms with Gasteiger partial charge in [0.1, 0.15) is 18.2 Å². The smallest absolute Gasteiger partial charge is 0.408 e. The first-order chi connectivity index (χ1) is 16.2. The van der Waals surface area contributed by atoms with Gasteiger partial charge in [0.25, 0.3) is 5.91 Å². The summed E-state index contributed by atoms with van der Waals surface area (Å²) in [6.45, 7) is 11.9. The standard InChI is InChI=1S/C25H40N4O6/c1-7-8-15(18(30)20(26)31)27-21(32)17-16-13(11-25(16,5)6)12-29(17)22(33)19(24(2,3)4)28-23(34)35-14-9-10-14/h13-17,19H,7-12H2,1-6H3,(H2,26,31)(H,27,32)(H,28,34)/t13-,15?,16-,17-,19+/m0/s1. The molecule has 196 valence electrons. The van der Waals surface area contributed by atoms with E-state index in [4.69, 9.17) is 10.5 Å². The van der Waals surface area contributed by atoms with Gasteiger partial charge in [-0.05, 0) is 48.3 Å². The molecule has 3 rings (SSSR count). The van der Waals surface area contributed by atoms with Gasteiger partial charge in [0.15, 0.2) is 0 Å². The Morgan fingerprint density at radius 1 is 1.11 bits per heavy atom. The normalized spacial score (nSPS) is 26.6. The number of rotatable bonds is 9. The van der Waals surface area contributed by atoms with E-state index in [0.29, 0.717) is 13.0 Å². The number of Topliss-reactive ketones (excluding diaryl/α,β-unsaturated/α-hetero) is 1. The molecule has 10 nitrogen and oxygen atoms in total. The van der Waals surface area contributed by atoms with Crippen LogP contribution in [0.25, 0.3) is 0 Å². The van der Waals surface area contributed by atoms with Crippen LogP contribution in [0.15, 0.2) is 0 Å². The lowest BCUT2D eigenvalue weighted by atomic mass is 9.55. The third kappa shape index (κ3) is 5.78. The molecule has 0 spiro atoms. The predicted molar refractivity (Wildman–Crippen MR) is 128 cm³/mol. The van der Waals surface area contributed by atoms with Crippen molar-refractivity contribution < 1.29 is 28.7 Å². The molecule has 4 amide bonds. The van der Waals surface area contributed by atoms with Crippen LogP contribution in [-0.2, 0) is 23.9 Å². The summed E-state index contributed by atoms with van der Waals surface area (Å²) in [5.41, 5.74) is 4.38. The Kier molecular flexibility index (Phi) is 7.53. The first kappa shape index (κ1) is 26.9. The van der Waals surface area contributed by atoms with Crippen molar-refractivity contribution in [3.8, 4) is 0 Å². The summed E-state index contributed by atoms with van der Waals surface area (Å²) in [7, 11) is 0. The zero-order chi connectivity index (χ0) is 26.3. The first-order valence-corrected chi connectivity index (χ1v) is 12.6. The topological polar surface area (TPSA) is 148 Å². The van der Waals surface area contributed by atoms with Crippen molar-refractivity contribution in [1.82, 2.24) is 15.5 Å². The van der Waals surface area contributed by atoms with Crippen LogP contribution in [0.4, 0.5) is 4.79 Å². The zero-order valence-electron chi connectivity index (χ0n) is 21.7. The fourth-order valence-electron chi connectivity index (χ4n) is 5.66. The second-order valence-electron chi connectivity index (χ2n) is 12.0. The summed E-state index contributed by atoms with van der Waals surface area (Å²) in [4.78, 5) is 65.2. The fraction of sp³-hybridized carbons (Fsp3) is 0.800. The molecule has 35 heavy (non-hydrogen) atoms. The largest absolute Gasteiger partial charge is 0.446 e. The van der Waals surface area contributed by atoms with Gasteiger partial charge in [-0.25, -0.2) is 4.79 Å². The Hall–Kier alpha value is -2.65. The van der Waals surface area contributed by atoms with E-state index in [1.54, 1.807) is 4.90 Å². The molecule has 2 aliphatic carbocycles. The molecule has 1 unspecified atom stereocenters. The molecule has 0 aromatic carbocycles. The number of alkyl carbamates (subject to hydrolysis) is 1. The number of carbonyl (C=O) groups excluding carboxylic acids is 5. The summed E-state index contributed by atoms with van der Waals surface area (Å²) in [6.07, 6.45) is 2.58. The number of nitrogens with zero attached hydrogens (tertiary/aromatic N) is 1. The highest BCUT2D eigenvalue weighted by atomic mass is 16.6. The second kappa shape index (κ2) is 9.78. The molecular weight excluding hydrogens is 452 g/mol. The number of carbonyl (C=O) groups is 5. The van der Waals surface area contributed by atoms with Crippen molar-refractivity contribution in [3.05, 3.63) is 0 Å². The summed E-state index contributed by atoms with van der Waals surface area (Å²) >= 11 is 0. The molecule has 0 aromatic rings. The Morgan fingerprint density at radius 2 is 1.74 bits per heavy atom. The van der Waals surface area contributed by atoms with E-state index in [2.05, 4.69) is 24.5 Å². The van der Waals surface area contributed by atoms with Crippen LogP contribution >= 0.6 is 0 Å². The lowest BCUT2D eigenvalue weighted by Crippen LogP contribution is -2.61. The molecule has 5 atom stereocenters.